The van der Waals surface area contributed by atoms with Gasteiger partial charge in [0.15, 0.2) is 0 Å². The second-order valence-corrected chi connectivity index (χ2v) is 8.68. The van der Waals surface area contributed by atoms with E-state index in [1.54, 1.807) is 0 Å². The minimum atomic E-state index is -0.00282. The Bertz CT molecular complexity index is 335. The van der Waals surface area contributed by atoms with Crippen molar-refractivity contribution in [2.75, 3.05) is 33.3 Å². The van der Waals surface area contributed by atoms with Gasteiger partial charge in [0.1, 0.15) is 0 Å². The van der Waals surface area contributed by atoms with Crippen LogP contribution in [0.4, 0.5) is 0 Å². The lowest BCUT2D eigenvalue weighted by molar-refractivity contribution is -0.0254. The second-order valence-electron chi connectivity index (χ2n) is 8.68. The van der Waals surface area contributed by atoms with Gasteiger partial charge in [-0.3, -0.25) is 0 Å². The molecule has 0 N–H and O–H groups in total. The normalized spacial score (nSPS) is 25.8. The molecule has 130 valence electrons. The van der Waals surface area contributed by atoms with Crippen molar-refractivity contribution in [1.29, 1.82) is 0 Å². The molecule has 2 rings (SSSR count). The van der Waals surface area contributed by atoms with Gasteiger partial charge in [-0.2, -0.15) is 0 Å². The first kappa shape index (κ1) is 18.2. The van der Waals surface area contributed by atoms with E-state index in [1.165, 1.54) is 51.9 Å². The molecule has 2 aliphatic heterocycles. The van der Waals surface area contributed by atoms with Crippen molar-refractivity contribution in [3.05, 3.63) is 0 Å². The van der Waals surface area contributed by atoms with E-state index in [0.717, 1.165) is 6.42 Å². The number of piperidine rings is 2. The molecule has 22 heavy (non-hydrogen) atoms. The van der Waals surface area contributed by atoms with Gasteiger partial charge in [0.05, 0.1) is 5.60 Å². The Morgan fingerprint density at radius 1 is 0.909 bits per heavy atom. The molecule has 0 aromatic heterocycles. The third kappa shape index (κ3) is 4.46. The largest absolute Gasteiger partial charge is 0.379 e. The molecular formula is C19H38N2O. The summed E-state index contributed by atoms with van der Waals surface area (Å²) in [4.78, 5) is 5.35. The van der Waals surface area contributed by atoms with Crippen LogP contribution in [0.3, 0.4) is 0 Å². The topological polar surface area (TPSA) is 15.7 Å². The summed E-state index contributed by atoms with van der Waals surface area (Å²) in [5.41, 5.74) is 0.648. The Labute approximate surface area is 138 Å². The number of ether oxygens (including phenoxy) is 1. The maximum Gasteiger partial charge on any atom is 0.0637 e. The Hall–Kier alpha value is -0.120. The first-order valence-electron chi connectivity index (χ1n) is 9.30. The highest BCUT2D eigenvalue weighted by molar-refractivity contribution is 4.92. The van der Waals surface area contributed by atoms with Crippen LogP contribution in [-0.2, 0) is 4.74 Å². The second kappa shape index (κ2) is 7.19. The summed E-state index contributed by atoms with van der Waals surface area (Å²) >= 11 is 0. The number of rotatable bonds is 5. The predicted octanol–water partition coefficient (Wildman–Crippen LogP) is 3.78. The van der Waals surface area contributed by atoms with Gasteiger partial charge >= 0.3 is 0 Å². The van der Waals surface area contributed by atoms with Crippen LogP contribution in [0, 0.1) is 5.41 Å². The number of nitrogens with zero attached hydrogens (tertiary/aromatic N) is 2. The Morgan fingerprint density at radius 3 is 1.77 bits per heavy atom. The number of hydrogen-bond donors (Lipinski definition) is 0. The van der Waals surface area contributed by atoms with E-state index in [2.05, 4.69) is 44.4 Å². The van der Waals surface area contributed by atoms with Crippen LogP contribution in [0.5, 0.6) is 0 Å². The first-order valence-corrected chi connectivity index (χ1v) is 9.30. The zero-order valence-electron chi connectivity index (χ0n) is 15.8. The molecule has 3 nitrogen and oxygen atoms in total. The van der Waals surface area contributed by atoms with Gasteiger partial charge in [-0.1, -0.05) is 0 Å². The first-order chi connectivity index (χ1) is 10.3. The Kier molecular flexibility index (Phi) is 5.95. The molecule has 0 aliphatic carbocycles. The average molecular weight is 311 g/mol. The van der Waals surface area contributed by atoms with Crippen LogP contribution in [0.25, 0.3) is 0 Å². The van der Waals surface area contributed by atoms with E-state index < -0.39 is 0 Å². The predicted molar refractivity (Wildman–Crippen MR) is 94.4 cm³/mol. The minimum Gasteiger partial charge on any atom is -0.379 e. The zero-order chi connectivity index (χ0) is 16.4. The summed E-state index contributed by atoms with van der Waals surface area (Å²) in [6, 6.07) is 1.34. The van der Waals surface area contributed by atoms with E-state index in [0.29, 0.717) is 17.5 Å². The van der Waals surface area contributed by atoms with Crippen molar-refractivity contribution in [2.45, 2.75) is 84.4 Å². The molecule has 0 bridgehead atoms. The molecule has 0 aromatic rings. The van der Waals surface area contributed by atoms with Crippen LogP contribution in [0.1, 0.15) is 66.7 Å². The van der Waals surface area contributed by atoms with Crippen molar-refractivity contribution in [3.8, 4) is 0 Å². The number of likely N-dealkylation sites (tertiary alicyclic amines) is 2. The molecule has 2 saturated heterocycles. The summed E-state index contributed by atoms with van der Waals surface area (Å²) in [7, 11) is 1.83. The molecule has 3 heteroatoms. The quantitative estimate of drug-likeness (QED) is 0.768. The van der Waals surface area contributed by atoms with E-state index in [4.69, 9.17) is 4.74 Å². The SMILES string of the molecule is COC(C)(C)CC(C)N1CCC2(CCN(C(C)C)CC2)CC1. The van der Waals surface area contributed by atoms with Gasteiger partial charge in [0.2, 0.25) is 0 Å². The number of hydrogen-bond acceptors (Lipinski definition) is 3. The van der Waals surface area contributed by atoms with E-state index >= 15 is 0 Å². The maximum atomic E-state index is 5.61. The average Bonchev–Trinajstić information content (AvgIpc) is 2.48. The van der Waals surface area contributed by atoms with Crippen LogP contribution in [-0.4, -0.2) is 60.8 Å². The molecule has 0 saturated carbocycles. The molecule has 0 amide bonds. The lowest BCUT2D eigenvalue weighted by atomic mass is 9.71. The van der Waals surface area contributed by atoms with Crippen molar-refractivity contribution in [1.82, 2.24) is 9.80 Å². The Balaban J connectivity index is 1.81. The highest BCUT2D eigenvalue weighted by Crippen LogP contribution is 2.42. The monoisotopic (exact) mass is 310 g/mol. The highest BCUT2D eigenvalue weighted by Gasteiger charge is 2.39. The molecule has 1 unspecified atom stereocenters. The van der Waals surface area contributed by atoms with Crippen molar-refractivity contribution < 1.29 is 4.74 Å². The minimum absolute atomic E-state index is 0.00282. The molecule has 0 aromatic carbocycles. The zero-order valence-corrected chi connectivity index (χ0v) is 15.8. The molecule has 2 heterocycles. The van der Waals surface area contributed by atoms with Crippen molar-refractivity contribution in [3.63, 3.8) is 0 Å². The molecule has 2 aliphatic rings. The van der Waals surface area contributed by atoms with Gasteiger partial charge in [-0.05, 0) is 98.3 Å². The van der Waals surface area contributed by atoms with E-state index in [9.17, 15) is 0 Å². The summed E-state index contributed by atoms with van der Waals surface area (Å²) in [6.45, 7) is 16.6. The summed E-state index contributed by atoms with van der Waals surface area (Å²) in [5, 5.41) is 0. The fraction of sp³-hybridized carbons (Fsp3) is 1.00. The van der Waals surface area contributed by atoms with Crippen LogP contribution in [0.2, 0.25) is 0 Å². The van der Waals surface area contributed by atoms with Crippen LogP contribution in [0.15, 0.2) is 0 Å². The smallest absolute Gasteiger partial charge is 0.0637 e. The van der Waals surface area contributed by atoms with Gasteiger partial charge in [0, 0.05) is 19.2 Å². The third-order valence-electron chi connectivity index (χ3n) is 6.41. The van der Waals surface area contributed by atoms with Crippen LogP contribution < -0.4 is 0 Å². The standard InChI is InChI=1S/C19H38N2O/c1-16(2)20-11-7-19(8-12-20)9-13-21(14-10-19)17(3)15-18(4,5)22-6/h16-17H,7-15H2,1-6H3. The number of methoxy groups -OCH3 is 1. The van der Waals surface area contributed by atoms with Crippen molar-refractivity contribution >= 4 is 0 Å². The van der Waals surface area contributed by atoms with Gasteiger partial charge in [0.25, 0.3) is 0 Å². The van der Waals surface area contributed by atoms with Gasteiger partial charge in [-0.15, -0.1) is 0 Å². The van der Waals surface area contributed by atoms with Gasteiger partial charge < -0.3 is 14.5 Å². The summed E-state index contributed by atoms with van der Waals surface area (Å²) < 4.78 is 5.61. The fourth-order valence-electron chi connectivity index (χ4n) is 4.38. The third-order valence-corrected chi connectivity index (χ3v) is 6.41. The van der Waals surface area contributed by atoms with Crippen LogP contribution >= 0.6 is 0 Å². The van der Waals surface area contributed by atoms with E-state index in [-0.39, 0.29) is 5.60 Å². The molecule has 1 atom stereocenters. The Morgan fingerprint density at radius 2 is 1.36 bits per heavy atom. The fourth-order valence-corrected chi connectivity index (χ4v) is 4.38. The molecule has 1 spiro atoms. The van der Waals surface area contributed by atoms with Gasteiger partial charge in [-0.25, -0.2) is 0 Å². The maximum absolute atomic E-state index is 5.61. The lowest BCUT2D eigenvalue weighted by Gasteiger charge is -2.49. The molecule has 2 fully saturated rings. The van der Waals surface area contributed by atoms with Crippen molar-refractivity contribution in [2.24, 2.45) is 5.41 Å². The molecule has 0 radical (unpaired) electrons. The molecular weight excluding hydrogens is 272 g/mol. The lowest BCUT2D eigenvalue weighted by Crippen LogP contribution is -2.50. The highest BCUT2D eigenvalue weighted by atomic mass is 16.5. The summed E-state index contributed by atoms with van der Waals surface area (Å²) in [5.74, 6) is 0. The van der Waals surface area contributed by atoms with E-state index in [1.807, 2.05) is 7.11 Å². The summed E-state index contributed by atoms with van der Waals surface area (Å²) in [6.07, 6.45) is 6.75.